The summed E-state index contributed by atoms with van der Waals surface area (Å²) in [5.41, 5.74) is 9.84. The number of rotatable bonds is 4. The zero-order chi connectivity index (χ0) is 13.8. The third-order valence-corrected chi connectivity index (χ3v) is 3.83. The van der Waals surface area contributed by atoms with Crippen LogP contribution >= 0.6 is 24.0 Å². The average molecular weight is 288 g/mol. The van der Waals surface area contributed by atoms with E-state index in [0.717, 1.165) is 16.9 Å². The smallest absolute Gasteiger partial charge is 0.106 e. The molecule has 0 radical (unpaired) electrons. The van der Waals surface area contributed by atoms with Gasteiger partial charge in [-0.1, -0.05) is 30.4 Å². The molecule has 2 aromatic carbocycles. The fraction of sp³-hybridized carbons (Fsp3) is 0.133. The second-order valence-corrected chi connectivity index (χ2v) is 5.53. The summed E-state index contributed by atoms with van der Waals surface area (Å²) in [6, 6.07) is 14.2. The number of anilines is 2. The lowest BCUT2D eigenvalue weighted by Crippen LogP contribution is -2.12. The van der Waals surface area contributed by atoms with Gasteiger partial charge in [-0.25, -0.2) is 0 Å². The summed E-state index contributed by atoms with van der Waals surface area (Å²) in [7, 11) is 0. The van der Waals surface area contributed by atoms with Gasteiger partial charge in [0.05, 0.1) is 5.69 Å². The van der Waals surface area contributed by atoms with Gasteiger partial charge >= 0.3 is 0 Å². The molecule has 0 aliphatic rings. The second-order valence-electron chi connectivity index (χ2n) is 4.24. The van der Waals surface area contributed by atoms with Crippen molar-refractivity contribution in [1.82, 2.24) is 0 Å². The van der Waals surface area contributed by atoms with Crippen LogP contribution in [0.5, 0.6) is 0 Å². The topological polar surface area (TPSA) is 38.0 Å². The molecule has 0 unspecified atom stereocenters. The molecule has 0 spiro atoms. The first kappa shape index (κ1) is 13.9. The molecule has 0 fully saturated rings. The van der Waals surface area contributed by atoms with Gasteiger partial charge in [0.1, 0.15) is 4.99 Å². The fourth-order valence-corrected chi connectivity index (χ4v) is 2.60. The molecule has 98 valence electrons. The average Bonchev–Trinajstić information content (AvgIpc) is 2.39. The first-order valence-corrected chi connectivity index (χ1v) is 7.55. The van der Waals surface area contributed by atoms with E-state index in [1.807, 2.05) is 24.3 Å². The lowest BCUT2D eigenvalue weighted by atomic mass is 10.1. The molecule has 19 heavy (non-hydrogen) atoms. The summed E-state index contributed by atoms with van der Waals surface area (Å²) in [4.78, 5) is 1.60. The van der Waals surface area contributed by atoms with Crippen LogP contribution in [0.2, 0.25) is 0 Å². The molecule has 2 aromatic rings. The number of para-hydroxylation sites is 1. The first-order valence-electron chi connectivity index (χ1n) is 5.92. The Labute approximate surface area is 123 Å². The van der Waals surface area contributed by atoms with E-state index in [4.69, 9.17) is 18.0 Å². The van der Waals surface area contributed by atoms with Crippen LogP contribution in [0.15, 0.2) is 47.4 Å². The maximum Gasteiger partial charge on any atom is 0.106 e. The van der Waals surface area contributed by atoms with Crippen molar-refractivity contribution in [3.05, 3.63) is 53.6 Å². The molecule has 0 aliphatic heterocycles. The summed E-state index contributed by atoms with van der Waals surface area (Å²) in [6.07, 6.45) is 2.06. The quantitative estimate of drug-likeness (QED) is 0.656. The van der Waals surface area contributed by atoms with E-state index >= 15 is 0 Å². The molecular weight excluding hydrogens is 272 g/mol. The molecule has 2 rings (SSSR count). The Morgan fingerprint density at radius 1 is 1.16 bits per heavy atom. The molecule has 3 N–H and O–H groups in total. The van der Waals surface area contributed by atoms with Crippen LogP contribution < -0.4 is 11.1 Å². The normalized spacial score (nSPS) is 10.2. The second kappa shape index (κ2) is 6.08. The van der Waals surface area contributed by atoms with Crippen LogP contribution in [0.25, 0.3) is 0 Å². The standard InChI is InChI=1S/C15H16N2S2/c1-10-7-8-11(15(16)18)13(9-10)17-12-5-3-4-6-14(12)19-2/h3-9,17H,1-2H3,(H2,16,18). The Morgan fingerprint density at radius 3 is 2.58 bits per heavy atom. The minimum absolute atomic E-state index is 0.407. The van der Waals surface area contributed by atoms with Crippen molar-refractivity contribution in [3.8, 4) is 0 Å². The molecular formula is C15H16N2S2. The van der Waals surface area contributed by atoms with Gasteiger partial charge in [-0.2, -0.15) is 0 Å². The van der Waals surface area contributed by atoms with Crippen LogP contribution in [0.4, 0.5) is 11.4 Å². The van der Waals surface area contributed by atoms with Crippen molar-refractivity contribution in [3.63, 3.8) is 0 Å². The van der Waals surface area contributed by atoms with E-state index in [2.05, 4.69) is 36.7 Å². The molecule has 0 aliphatic carbocycles. The van der Waals surface area contributed by atoms with E-state index in [1.54, 1.807) is 11.8 Å². The summed E-state index contributed by atoms with van der Waals surface area (Å²) >= 11 is 6.81. The number of hydrogen-bond acceptors (Lipinski definition) is 3. The van der Waals surface area contributed by atoms with Gasteiger partial charge in [0.2, 0.25) is 0 Å². The Kier molecular flexibility index (Phi) is 4.45. The lowest BCUT2D eigenvalue weighted by Gasteiger charge is -2.14. The monoisotopic (exact) mass is 288 g/mol. The van der Waals surface area contributed by atoms with Gasteiger partial charge in [0.25, 0.3) is 0 Å². The van der Waals surface area contributed by atoms with Gasteiger partial charge in [0.15, 0.2) is 0 Å². The van der Waals surface area contributed by atoms with E-state index < -0.39 is 0 Å². The SMILES string of the molecule is CSc1ccccc1Nc1cc(C)ccc1C(N)=S. The molecule has 0 atom stereocenters. The van der Waals surface area contributed by atoms with E-state index in [9.17, 15) is 0 Å². The van der Waals surface area contributed by atoms with Gasteiger partial charge in [-0.05, 0) is 43.0 Å². The van der Waals surface area contributed by atoms with Crippen molar-refractivity contribution in [1.29, 1.82) is 0 Å². The van der Waals surface area contributed by atoms with Crippen molar-refractivity contribution < 1.29 is 0 Å². The highest BCUT2D eigenvalue weighted by molar-refractivity contribution is 7.98. The minimum atomic E-state index is 0.407. The number of hydrogen-bond donors (Lipinski definition) is 2. The van der Waals surface area contributed by atoms with Crippen LogP contribution in [0.3, 0.4) is 0 Å². The number of thioether (sulfide) groups is 1. The molecule has 0 aromatic heterocycles. The van der Waals surface area contributed by atoms with E-state index in [-0.39, 0.29) is 0 Å². The van der Waals surface area contributed by atoms with Crippen LogP contribution in [-0.2, 0) is 0 Å². The van der Waals surface area contributed by atoms with Crippen LogP contribution in [0, 0.1) is 6.92 Å². The maximum absolute atomic E-state index is 5.78. The molecule has 0 saturated heterocycles. The highest BCUT2D eigenvalue weighted by Crippen LogP contribution is 2.29. The van der Waals surface area contributed by atoms with Crippen molar-refractivity contribution in [2.75, 3.05) is 11.6 Å². The number of benzene rings is 2. The number of nitrogens with two attached hydrogens (primary N) is 1. The number of nitrogens with one attached hydrogen (secondary N) is 1. The number of aryl methyl sites for hydroxylation is 1. The molecule has 0 amide bonds. The molecule has 2 nitrogen and oxygen atoms in total. The van der Waals surface area contributed by atoms with Crippen LogP contribution in [-0.4, -0.2) is 11.2 Å². The third-order valence-electron chi connectivity index (χ3n) is 2.82. The Balaban J connectivity index is 2.42. The fourth-order valence-electron chi connectivity index (χ4n) is 1.87. The lowest BCUT2D eigenvalue weighted by molar-refractivity contribution is 1.39. The maximum atomic E-state index is 5.78. The first-order chi connectivity index (χ1) is 9.11. The zero-order valence-electron chi connectivity index (χ0n) is 10.9. The predicted octanol–water partition coefficient (Wildman–Crippen LogP) is 4.09. The summed E-state index contributed by atoms with van der Waals surface area (Å²) < 4.78 is 0. The third kappa shape index (κ3) is 3.28. The van der Waals surface area contributed by atoms with Gasteiger partial charge in [-0.15, -0.1) is 11.8 Å². The van der Waals surface area contributed by atoms with Gasteiger partial charge in [-0.3, -0.25) is 0 Å². The minimum Gasteiger partial charge on any atom is -0.389 e. The van der Waals surface area contributed by atoms with E-state index in [0.29, 0.717) is 4.99 Å². The summed E-state index contributed by atoms with van der Waals surface area (Å²) in [5, 5.41) is 3.43. The summed E-state index contributed by atoms with van der Waals surface area (Å²) in [5.74, 6) is 0. The van der Waals surface area contributed by atoms with Crippen molar-refractivity contribution in [2.45, 2.75) is 11.8 Å². The van der Waals surface area contributed by atoms with Gasteiger partial charge < -0.3 is 11.1 Å². The molecule has 0 saturated carbocycles. The van der Waals surface area contributed by atoms with E-state index in [1.165, 1.54) is 10.5 Å². The summed E-state index contributed by atoms with van der Waals surface area (Å²) in [6.45, 7) is 2.05. The zero-order valence-corrected chi connectivity index (χ0v) is 12.6. The van der Waals surface area contributed by atoms with Crippen LogP contribution in [0.1, 0.15) is 11.1 Å². The highest BCUT2D eigenvalue weighted by Gasteiger charge is 2.07. The Morgan fingerprint density at radius 2 is 1.89 bits per heavy atom. The molecule has 4 heteroatoms. The van der Waals surface area contributed by atoms with Gasteiger partial charge in [0, 0.05) is 16.1 Å². The molecule has 0 heterocycles. The van der Waals surface area contributed by atoms with Crippen molar-refractivity contribution >= 4 is 40.3 Å². The largest absolute Gasteiger partial charge is 0.389 e. The van der Waals surface area contributed by atoms with Crippen molar-refractivity contribution in [2.24, 2.45) is 5.73 Å². The highest BCUT2D eigenvalue weighted by atomic mass is 32.2. The number of thiocarbonyl (C=S) groups is 1. The Hall–Kier alpha value is -1.52. The Bertz CT molecular complexity index is 609. The predicted molar refractivity (Wildman–Crippen MR) is 88.6 cm³/mol. The molecule has 0 bridgehead atoms.